The Morgan fingerprint density at radius 3 is 2.35 bits per heavy atom. The van der Waals surface area contributed by atoms with Crippen LogP contribution in [0.25, 0.3) is 0 Å². The number of nitrogens with zero attached hydrogens (tertiary/aromatic N) is 2. The van der Waals surface area contributed by atoms with Crippen LogP contribution in [0.5, 0.6) is 0 Å². The fourth-order valence-electron chi connectivity index (χ4n) is 4.26. The standard InChI is InChI=1S/C20H22N2O/c1-19(2)16-11-7-8-12-17(16)21-14-18(23)22(20(19,21)3)13-15-9-5-4-6-10-15/h4-12H,13-14H2,1-3H3/t20-/m0/s1. The van der Waals surface area contributed by atoms with E-state index in [9.17, 15) is 4.79 Å². The van der Waals surface area contributed by atoms with Crippen LogP contribution < -0.4 is 4.90 Å². The van der Waals surface area contributed by atoms with E-state index in [1.807, 2.05) is 18.2 Å². The molecule has 0 N–H and O–H groups in total. The van der Waals surface area contributed by atoms with E-state index < -0.39 is 0 Å². The highest BCUT2D eigenvalue weighted by atomic mass is 16.2. The Morgan fingerprint density at radius 2 is 1.61 bits per heavy atom. The van der Waals surface area contributed by atoms with Crippen LogP contribution in [0.2, 0.25) is 0 Å². The molecule has 0 bridgehead atoms. The van der Waals surface area contributed by atoms with Gasteiger partial charge in [0.05, 0.1) is 6.54 Å². The van der Waals surface area contributed by atoms with E-state index in [4.69, 9.17) is 0 Å². The van der Waals surface area contributed by atoms with Gasteiger partial charge in [-0.25, -0.2) is 0 Å². The number of rotatable bonds is 2. The number of fused-ring (bicyclic) bond motifs is 3. The molecule has 0 unspecified atom stereocenters. The molecule has 0 saturated carbocycles. The van der Waals surface area contributed by atoms with Crippen LogP contribution >= 0.6 is 0 Å². The highest BCUT2D eigenvalue weighted by Gasteiger charge is 2.62. The summed E-state index contributed by atoms with van der Waals surface area (Å²) in [7, 11) is 0. The average Bonchev–Trinajstić information content (AvgIpc) is 2.90. The Hall–Kier alpha value is -2.29. The van der Waals surface area contributed by atoms with Crippen molar-refractivity contribution in [2.24, 2.45) is 0 Å². The first-order valence-corrected chi connectivity index (χ1v) is 8.18. The van der Waals surface area contributed by atoms with Crippen molar-refractivity contribution in [3.63, 3.8) is 0 Å². The lowest BCUT2D eigenvalue weighted by atomic mass is 9.76. The SMILES string of the molecule is CC1(C)c2ccccc2N2CC(=O)N(Cc3ccccc3)[C@]21C. The Labute approximate surface area is 137 Å². The Morgan fingerprint density at radius 1 is 0.957 bits per heavy atom. The van der Waals surface area contributed by atoms with Crippen LogP contribution in [0.3, 0.4) is 0 Å². The lowest BCUT2D eigenvalue weighted by Crippen LogP contribution is -2.59. The van der Waals surface area contributed by atoms with Gasteiger partial charge in [-0.15, -0.1) is 0 Å². The lowest BCUT2D eigenvalue weighted by Gasteiger charge is -2.46. The van der Waals surface area contributed by atoms with Crippen molar-refractivity contribution in [1.82, 2.24) is 4.90 Å². The van der Waals surface area contributed by atoms with Crippen molar-refractivity contribution in [1.29, 1.82) is 0 Å². The maximum atomic E-state index is 12.8. The second kappa shape index (κ2) is 4.60. The second-order valence-corrected chi connectivity index (χ2v) is 7.21. The van der Waals surface area contributed by atoms with E-state index in [0.29, 0.717) is 13.1 Å². The van der Waals surface area contributed by atoms with Crippen LogP contribution in [0.4, 0.5) is 5.69 Å². The smallest absolute Gasteiger partial charge is 0.244 e. The van der Waals surface area contributed by atoms with Crippen molar-refractivity contribution in [2.75, 3.05) is 11.4 Å². The predicted molar refractivity (Wildman–Crippen MR) is 92.2 cm³/mol. The first-order chi connectivity index (χ1) is 11.0. The number of para-hydroxylation sites is 1. The van der Waals surface area contributed by atoms with E-state index in [-0.39, 0.29) is 17.0 Å². The van der Waals surface area contributed by atoms with Crippen LogP contribution in [-0.4, -0.2) is 23.0 Å². The molecule has 3 heteroatoms. The molecule has 118 valence electrons. The van der Waals surface area contributed by atoms with Gasteiger partial charge < -0.3 is 9.80 Å². The molecule has 1 atom stereocenters. The molecule has 0 radical (unpaired) electrons. The summed E-state index contributed by atoms with van der Waals surface area (Å²) in [6.45, 7) is 7.83. The summed E-state index contributed by atoms with van der Waals surface area (Å²) >= 11 is 0. The number of amides is 1. The molecule has 4 rings (SSSR count). The van der Waals surface area contributed by atoms with Gasteiger partial charge in [0.25, 0.3) is 0 Å². The second-order valence-electron chi connectivity index (χ2n) is 7.21. The van der Waals surface area contributed by atoms with Gasteiger partial charge in [-0.3, -0.25) is 4.79 Å². The molecule has 2 aliphatic heterocycles. The van der Waals surface area contributed by atoms with Gasteiger partial charge in [0.2, 0.25) is 5.91 Å². The molecule has 2 aromatic rings. The average molecular weight is 306 g/mol. The summed E-state index contributed by atoms with van der Waals surface area (Å²) in [5.74, 6) is 0.207. The summed E-state index contributed by atoms with van der Waals surface area (Å²) in [6.07, 6.45) is 0. The van der Waals surface area contributed by atoms with Gasteiger partial charge in [0.1, 0.15) is 5.66 Å². The monoisotopic (exact) mass is 306 g/mol. The maximum absolute atomic E-state index is 12.8. The number of carbonyl (C=O) groups excluding carboxylic acids is 1. The molecule has 1 amide bonds. The van der Waals surface area contributed by atoms with E-state index in [2.05, 4.69) is 67.0 Å². The molecular formula is C20H22N2O. The third kappa shape index (κ3) is 1.73. The van der Waals surface area contributed by atoms with Gasteiger partial charge >= 0.3 is 0 Å². The van der Waals surface area contributed by atoms with Crippen LogP contribution in [-0.2, 0) is 16.8 Å². The minimum absolute atomic E-state index is 0.121. The zero-order chi connectivity index (χ0) is 16.2. The number of hydrogen-bond acceptors (Lipinski definition) is 2. The highest BCUT2D eigenvalue weighted by molar-refractivity contribution is 5.90. The van der Waals surface area contributed by atoms with Gasteiger partial charge in [-0.2, -0.15) is 0 Å². The van der Waals surface area contributed by atoms with Gasteiger partial charge in [0, 0.05) is 17.6 Å². The first kappa shape index (κ1) is 14.3. The fourth-order valence-corrected chi connectivity index (χ4v) is 4.26. The summed E-state index contributed by atoms with van der Waals surface area (Å²) in [5.41, 5.74) is 3.25. The minimum atomic E-state index is -0.330. The van der Waals surface area contributed by atoms with Gasteiger partial charge in [-0.05, 0) is 24.1 Å². The maximum Gasteiger partial charge on any atom is 0.244 e. The Kier molecular flexibility index (Phi) is 2.87. The number of carbonyl (C=O) groups is 1. The lowest BCUT2D eigenvalue weighted by molar-refractivity contribution is -0.132. The van der Waals surface area contributed by atoms with Crippen LogP contribution in [0.15, 0.2) is 54.6 Å². The van der Waals surface area contributed by atoms with E-state index in [0.717, 1.165) is 0 Å². The van der Waals surface area contributed by atoms with Crippen LogP contribution in [0.1, 0.15) is 31.9 Å². The molecule has 0 aromatic heterocycles. The van der Waals surface area contributed by atoms with Crippen molar-refractivity contribution >= 4 is 11.6 Å². The molecule has 2 aliphatic rings. The summed E-state index contributed by atoms with van der Waals surface area (Å²) in [5, 5.41) is 0. The minimum Gasteiger partial charge on any atom is -0.338 e. The molecule has 1 saturated heterocycles. The summed E-state index contributed by atoms with van der Waals surface area (Å²) in [6, 6.07) is 18.8. The third-order valence-corrected chi connectivity index (χ3v) is 5.88. The molecule has 23 heavy (non-hydrogen) atoms. The topological polar surface area (TPSA) is 23.6 Å². The Bertz CT molecular complexity index is 768. The predicted octanol–water partition coefficient (Wildman–Crippen LogP) is 3.54. The van der Waals surface area contributed by atoms with Crippen molar-refractivity contribution in [3.8, 4) is 0 Å². The number of benzene rings is 2. The molecule has 3 nitrogen and oxygen atoms in total. The first-order valence-electron chi connectivity index (χ1n) is 8.18. The number of hydrogen-bond donors (Lipinski definition) is 0. The van der Waals surface area contributed by atoms with Gasteiger partial charge in [-0.1, -0.05) is 62.4 Å². The zero-order valence-corrected chi connectivity index (χ0v) is 13.9. The van der Waals surface area contributed by atoms with E-state index in [1.54, 1.807) is 0 Å². The Balaban J connectivity index is 1.81. The quantitative estimate of drug-likeness (QED) is 0.847. The zero-order valence-electron chi connectivity index (χ0n) is 13.9. The molecule has 0 aliphatic carbocycles. The van der Waals surface area contributed by atoms with E-state index in [1.165, 1.54) is 16.8 Å². The molecule has 2 heterocycles. The number of anilines is 1. The van der Waals surface area contributed by atoms with Crippen molar-refractivity contribution < 1.29 is 4.79 Å². The van der Waals surface area contributed by atoms with Gasteiger partial charge in [0.15, 0.2) is 0 Å². The fraction of sp³-hybridized carbons (Fsp3) is 0.350. The van der Waals surface area contributed by atoms with Crippen molar-refractivity contribution in [2.45, 2.75) is 38.4 Å². The molecular weight excluding hydrogens is 284 g/mol. The largest absolute Gasteiger partial charge is 0.338 e. The summed E-state index contributed by atoms with van der Waals surface area (Å²) < 4.78 is 0. The van der Waals surface area contributed by atoms with Crippen LogP contribution in [0, 0.1) is 0 Å². The third-order valence-electron chi connectivity index (χ3n) is 5.88. The van der Waals surface area contributed by atoms with Crippen molar-refractivity contribution in [3.05, 3.63) is 65.7 Å². The normalized spacial score (nSPS) is 24.7. The molecule has 2 aromatic carbocycles. The molecule has 0 spiro atoms. The molecule has 1 fully saturated rings. The summed E-state index contributed by atoms with van der Waals surface area (Å²) in [4.78, 5) is 17.1. The highest BCUT2D eigenvalue weighted by Crippen LogP contribution is 2.55. The van der Waals surface area contributed by atoms with E-state index >= 15 is 0 Å².